The topological polar surface area (TPSA) is 73.7 Å². The van der Waals surface area contributed by atoms with Crippen LogP contribution in [0.2, 0.25) is 0 Å². The van der Waals surface area contributed by atoms with E-state index < -0.39 is 0 Å². The van der Waals surface area contributed by atoms with Crippen LogP contribution in [0.5, 0.6) is 5.75 Å². The van der Waals surface area contributed by atoms with Crippen molar-refractivity contribution in [1.29, 1.82) is 0 Å². The number of amides is 2. The minimum absolute atomic E-state index is 0.152. The lowest BCUT2D eigenvalue weighted by Gasteiger charge is -2.04. The van der Waals surface area contributed by atoms with Crippen molar-refractivity contribution in [1.82, 2.24) is 10.7 Å². The average Bonchev–Trinajstić information content (AvgIpc) is 2.34. The smallest absolute Gasteiger partial charge is 0.335 e. The summed E-state index contributed by atoms with van der Waals surface area (Å²) in [5, 5.41) is 16.2. The molecule has 5 heteroatoms. The molecule has 0 saturated carbocycles. The van der Waals surface area contributed by atoms with E-state index in [1.54, 1.807) is 12.1 Å². The van der Waals surface area contributed by atoms with Crippen LogP contribution in [0.3, 0.4) is 0 Å². The molecule has 0 saturated heterocycles. The number of hydrazone groups is 1. The van der Waals surface area contributed by atoms with Crippen molar-refractivity contribution in [3.63, 3.8) is 0 Å². The fourth-order valence-corrected chi connectivity index (χ4v) is 1.40. The van der Waals surface area contributed by atoms with E-state index in [4.69, 9.17) is 0 Å². The van der Waals surface area contributed by atoms with E-state index in [0.29, 0.717) is 18.5 Å². The van der Waals surface area contributed by atoms with Crippen LogP contribution in [-0.4, -0.2) is 23.9 Å². The summed E-state index contributed by atoms with van der Waals surface area (Å²) in [4.78, 5) is 11.1. The maximum atomic E-state index is 11.1. The Labute approximate surface area is 106 Å². The summed E-state index contributed by atoms with van der Waals surface area (Å²) in [6, 6.07) is 4.96. The maximum absolute atomic E-state index is 11.1. The molecule has 0 bridgehead atoms. The predicted octanol–water partition coefficient (Wildman–Crippen LogP) is 1.77. The molecule has 0 heterocycles. The number of benzene rings is 1. The quantitative estimate of drug-likeness (QED) is 0.421. The van der Waals surface area contributed by atoms with Gasteiger partial charge in [-0.15, -0.1) is 6.58 Å². The predicted molar refractivity (Wildman–Crippen MR) is 71.8 cm³/mol. The zero-order chi connectivity index (χ0) is 13.4. The first kappa shape index (κ1) is 13.8. The first-order valence-electron chi connectivity index (χ1n) is 5.67. The van der Waals surface area contributed by atoms with Crippen LogP contribution in [-0.2, 0) is 6.42 Å². The number of urea groups is 1. The molecular weight excluding hydrogens is 230 g/mol. The molecule has 1 aromatic rings. The Bertz CT molecular complexity index is 456. The molecule has 1 rings (SSSR count). The maximum Gasteiger partial charge on any atom is 0.335 e. The van der Waals surface area contributed by atoms with Crippen LogP contribution in [0.4, 0.5) is 4.79 Å². The fourth-order valence-electron chi connectivity index (χ4n) is 1.40. The van der Waals surface area contributed by atoms with Crippen molar-refractivity contribution >= 4 is 12.2 Å². The Balaban J connectivity index is 2.72. The molecule has 5 nitrogen and oxygen atoms in total. The van der Waals surface area contributed by atoms with Crippen LogP contribution in [0, 0.1) is 0 Å². The molecule has 2 amide bonds. The SMILES string of the molecule is C=CCc1cccc(/C=N/NC(=O)NCC)c1O. The number of carbonyl (C=O) groups is 1. The van der Waals surface area contributed by atoms with E-state index in [9.17, 15) is 9.90 Å². The van der Waals surface area contributed by atoms with Crippen molar-refractivity contribution in [2.24, 2.45) is 5.10 Å². The van der Waals surface area contributed by atoms with Crippen molar-refractivity contribution in [3.8, 4) is 5.75 Å². The number of rotatable bonds is 5. The molecule has 3 N–H and O–H groups in total. The largest absolute Gasteiger partial charge is 0.507 e. The monoisotopic (exact) mass is 247 g/mol. The summed E-state index contributed by atoms with van der Waals surface area (Å²) in [6.07, 6.45) is 3.69. The van der Waals surface area contributed by atoms with Gasteiger partial charge in [-0.2, -0.15) is 5.10 Å². The van der Waals surface area contributed by atoms with Crippen molar-refractivity contribution in [2.45, 2.75) is 13.3 Å². The Morgan fingerprint density at radius 1 is 1.56 bits per heavy atom. The van der Waals surface area contributed by atoms with Crippen molar-refractivity contribution in [2.75, 3.05) is 6.54 Å². The van der Waals surface area contributed by atoms with Crippen LogP contribution >= 0.6 is 0 Å². The Kier molecular flexibility index (Phi) is 5.44. The van der Waals surface area contributed by atoms with Gasteiger partial charge in [-0.3, -0.25) is 0 Å². The zero-order valence-corrected chi connectivity index (χ0v) is 10.3. The highest BCUT2D eigenvalue weighted by Crippen LogP contribution is 2.21. The van der Waals surface area contributed by atoms with Gasteiger partial charge in [-0.25, -0.2) is 10.2 Å². The first-order valence-corrected chi connectivity index (χ1v) is 5.67. The number of para-hydroxylation sites is 1. The van der Waals surface area contributed by atoms with E-state index >= 15 is 0 Å². The number of carbonyl (C=O) groups excluding carboxylic acids is 1. The van der Waals surface area contributed by atoms with E-state index in [-0.39, 0.29) is 11.8 Å². The highest BCUT2D eigenvalue weighted by molar-refractivity contribution is 5.85. The van der Waals surface area contributed by atoms with E-state index in [1.165, 1.54) is 6.21 Å². The van der Waals surface area contributed by atoms with E-state index in [1.807, 2.05) is 19.1 Å². The van der Waals surface area contributed by atoms with Gasteiger partial charge in [0.25, 0.3) is 0 Å². The molecule has 0 spiro atoms. The molecule has 0 aliphatic carbocycles. The van der Waals surface area contributed by atoms with Gasteiger partial charge in [-0.1, -0.05) is 18.2 Å². The molecule has 96 valence electrons. The van der Waals surface area contributed by atoms with Crippen LogP contribution < -0.4 is 10.7 Å². The van der Waals surface area contributed by atoms with Gasteiger partial charge in [0.2, 0.25) is 0 Å². The van der Waals surface area contributed by atoms with Gasteiger partial charge in [-0.05, 0) is 25.0 Å². The highest BCUT2D eigenvalue weighted by Gasteiger charge is 2.03. The summed E-state index contributed by atoms with van der Waals surface area (Å²) < 4.78 is 0. The molecule has 0 aromatic heterocycles. The van der Waals surface area contributed by atoms with Crippen molar-refractivity contribution in [3.05, 3.63) is 42.0 Å². The molecular formula is C13H17N3O2. The molecule has 0 radical (unpaired) electrons. The normalized spacial score (nSPS) is 10.3. The summed E-state index contributed by atoms with van der Waals surface area (Å²) in [6.45, 7) is 5.97. The van der Waals surface area contributed by atoms with Gasteiger partial charge >= 0.3 is 6.03 Å². The van der Waals surface area contributed by atoms with E-state index in [0.717, 1.165) is 5.56 Å². The molecule has 0 fully saturated rings. The zero-order valence-electron chi connectivity index (χ0n) is 10.3. The third kappa shape index (κ3) is 3.93. The lowest BCUT2D eigenvalue weighted by molar-refractivity contribution is 0.242. The Morgan fingerprint density at radius 2 is 2.33 bits per heavy atom. The minimum Gasteiger partial charge on any atom is -0.507 e. The summed E-state index contributed by atoms with van der Waals surface area (Å²) in [7, 11) is 0. The lowest BCUT2D eigenvalue weighted by Crippen LogP contribution is -2.31. The van der Waals surface area contributed by atoms with Gasteiger partial charge in [0.1, 0.15) is 5.75 Å². The summed E-state index contributed by atoms with van der Waals surface area (Å²) >= 11 is 0. The van der Waals surface area contributed by atoms with Gasteiger partial charge in [0, 0.05) is 12.1 Å². The molecule has 0 unspecified atom stereocenters. The molecule has 0 aliphatic rings. The minimum atomic E-state index is -0.379. The second-order valence-corrected chi connectivity index (χ2v) is 3.58. The number of nitrogens with zero attached hydrogens (tertiary/aromatic N) is 1. The molecule has 18 heavy (non-hydrogen) atoms. The van der Waals surface area contributed by atoms with Crippen molar-refractivity contribution < 1.29 is 9.90 Å². The van der Waals surface area contributed by atoms with Gasteiger partial charge in [0.05, 0.1) is 6.21 Å². The number of aromatic hydroxyl groups is 1. The molecule has 0 atom stereocenters. The standard InChI is InChI=1S/C13H17N3O2/c1-3-6-10-7-5-8-11(12(10)17)9-15-16-13(18)14-4-2/h3,5,7-9,17H,1,4,6H2,2H3,(H2,14,16,18)/b15-9+. The van der Waals surface area contributed by atoms with Gasteiger partial charge < -0.3 is 10.4 Å². The van der Waals surface area contributed by atoms with Gasteiger partial charge in [0.15, 0.2) is 0 Å². The first-order chi connectivity index (χ1) is 8.69. The fraction of sp³-hybridized carbons (Fsp3) is 0.231. The number of hydrogen-bond acceptors (Lipinski definition) is 3. The average molecular weight is 247 g/mol. The second-order valence-electron chi connectivity index (χ2n) is 3.58. The van der Waals surface area contributed by atoms with Crippen LogP contribution in [0.1, 0.15) is 18.1 Å². The molecule has 1 aromatic carbocycles. The second kappa shape index (κ2) is 7.11. The number of phenols is 1. The third-order valence-corrected chi connectivity index (χ3v) is 2.22. The van der Waals surface area contributed by atoms with Crippen LogP contribution in [0.15, 0.2) is 36.0 Å². The Morgan fingerprint density at radius 3 is 3.00 bits per heavy atom. The third-order valence-electron chi connectivity index (χ3n) is 2.22. The number of phenolic OH excluding ortho intramolecular Hbond substituents is 1. The van der Waals surface area contributed by atoms with Crippen LogP contribution in [0.25, 0.3) is 0 Å². The summed E-state index contributed by atoms with van der Waals surface area (Å²) in [5.41, 5.74) is 3.62. The highest BCUT2D eigenvalue weighted by atomic mass is 16.3. The number of allylic oxidation sites excluding steroid dienone is 1. The van der Waals surface area contributed by atoms with E-state index in [2.05, 4.69) is 22.4 Å². The lowest BCUT2D eigenvalue weighted by atomic mass is 10.1. The summed E-state index contributed by atoms with van der Waals surface area (Å²) in [5.74, 6) is 0.152. The molecule has 0 aliphatic heterocycles. The Hall–Kier alpha value is -2.30. The number of nitrogens with one attached hydrogen (secondary N) is 2. The number of hydrogen-bond donors (Lipinski definition) is 3.